The maximum absolute atomic E-state index is 11.8. The van der Waals surface area contributed by atoms with E-state index < -0.39 is 0 Å². The number of amides is 2. The fourth-order valence-corrected chi connectivity index (χ4v) is 2.92. The van der Waals surface area contributed by atoms with E-state index in [0.29, 0.717) is 17.2 Å². The monoisotopic (exact) mass is 309 g/mol. The van der Waals surface area contributed by atoms with Crippen LogP contribution >= 0.6 is 22.7 Å². The molecule has 2 heterocycles. The number of carbonyl (C=O) groups excluding carboxylic acids is 2. The third kappa shape index (κ3) is 4.14. The van der Waals surface area contributed by atoms with E-state index in [1.807, 2.05) is 17.5 Å². The minimum Gasteiger partial charge on any atom is -0.348 e. The van der Waals surface area contributed by atoms with Crippen LogP contribution < -0.4 is 5.32 Å². The van der Waals surface area contributed by atoms with Gasteiger partial charge in [0.15, 0.2) is 5.13 Å². The second kappa shape index (κ2) is 6.62. The van der Waals surface area contributed by atoms with Crippen molar-refractivity contribution in [2.24, 2.45) is 0 Å². The Hall–Kier alpha value is -1.73. The Labute approximate surface area is 125 Å². The van der Waals surface area contributed by atoms with E-state index >= 15 is 0 Å². The van der Waals surface area contributed by atoms with Crippen LogP contribution in [0.3, 0.4) is 0 Å². The second-order valence-corrected chi connectivity index (χ2v) is 6.30. The van der Waals surface area contributed by atoms with Gasteiger partial charge in [0, 0.05) is 24.4 Å². The molecule has 106 valence electrons. The van der Waals surface area contributed by atoms with Gasteiger partial charge in [-0.1, -0.05) is 6.07 Å². The van der Waals surface area contributed by atoms with Crippen LogP contribution in [0.5, 0.6) is 0 Å². The summed E-state index contributed by atoms with van der Waals surface area (Å²) in [4.78, 5) is 30.1. The van der Waals surface area contributed by atoms with E-state index in [0.717, 1.165) is 4.88 Å². The number of carbonyl (C=O) groups is 2. The summed E-state index contributed by atoms with van der Waals surface area (Å²) in [5, 5.41) is 7.02. The van der Waals surface area contributed by atoms with Crippen LogP contribution in [0.25, 0.3) is 0 Å². The lowest BCUT2D eigenvalue weighted by atomic mass is 10.3. The first-order chi connectivity index (χ1) is 9.54. The van der Waals surface area contributed by atoms with Crippen LogP contribution in [0.1, 0.15) is 10.6 Å². The summed E-state index contributed by atoms with van der Waals surface area (Å²) < 4.78 is 0. The predicted molar refractivity (Wildman–Crippen MR) is 81.2 cm³/mol. The number of anilines is 1. The highest BCUT2D eigenvalue weighted by atomic mass is 32.1. The lowest BCUT2D eigenvalue weighted by Crippen LogP contribution is -2.23. The molecule has 0 unspecified atom stereocenters. The van der Waals surface area contributed by atoms with Gasteiger partial charge < -0.3 is 10.2 Å². The molecule has 0 radical (unpaired) electrons. The average Bonchev–Trinajstić information content (AvgIpc) is 3.01. The maximum Gasteiger partial charge on any atom is 0.231 e. The topological polar surface area (TPSA) is 62.3 Å². The van der Waals surface area contributed by atoms with Crippen molar-refractivity contribution in [2.45, 2.75) is 12.8 Å². The molecule has 0 bridgehead atoms. The number of rotatable bonds is 5. The highest BCUT2D eigenvalue weighted by Gasteiger charge is 2.11. The van der Waals surface area contributed by atoms with Gasteiger partial charge in [-0.3, -0.25) is 9.59 Å². The molecule has 0 saturated carbocycles. The van der Waals surface area contributed by atoms with Crippen molar-refractivity contribution in [1.29, 1.82) is 0 Å². The molecule has 5 nitrogen and oxygen atoms in total. The fourth-order valence-electron chi connectivity index (χ4n) is 1.49. The zero-order valence-corrected chi connectivity index (χ0v) is 12.9. The standard InChI is InChI=1S/C13H15N3O2S2/c1-16(2)12(18)6-9-8-20-13(14-9)15-11(17)7-10-4-3-5-19-10/h3-5,8H,6-7H2,1-2H3,(H,14,15,17). The molecule has 1 N–H and O–H groups in total. The predicted octanol–water partition coefficient (Wildman–Crippen LogP) is 2.02. The number of hydrogen-bond donors (Lipinski definition) is 1. The highest BCUT2D eigenvalue weighted by molar-refractivity contribution is 7.14. The fraction of sp³-hybridized carbons (Fsp3) is 0.308. The third-order valence-corrected chi connectivity index (χ3v) is 4.23. The molecule has 2 aromatic heterocycles. The van der Waals surface area contributed by atoms with Gasteiger partial charge in [0.1, 0.15) is 0 Å². The molecule has 2 amide bonds. The van der Waals surface area contributed by atoms with Crippen LogP contribution in [0.4, 0.5) is 5.13 Å². The molecule has 0 aliphatic rings. The van der Waals surface area contributed by atoms with Crippen molar-refractivity contribution >= 4 is 39.6 Å². The highest BCUT2D eigenvalue weighted by Crippen LogP contribution is 2.17. The van der Waals surface area contributed by atoms with Gasteiger partial charge in [-0.05, 0) is 11.4 Å². The number of thiazole rings is 1. The van der Waals surface area contributed by atoms with Gasteiger partial charge in [-0.2, -0.15) is 0 Å². The average molecular weight is 309 g/mol. The smallest absolute Gasteiger partial charge is 0.231 e. The number of hydrogen-bond acceptors (Lipinski definition) is 5. The van der Waals surface area contributed by atoms with E-state index in [1.54, 1.807) is 30.8 Å². The number of nitrogens with zero attached hydrogens (tertiary/aromatic N) is 2. The van der Waals surface area contributed by atoms with Gasteiger partial charge in [0.05, 0.1) is 18.5 Å². The zero-order chi connectivity index (χ0) is 14.5. The number of nitrogens with one attached hydrogen (secondary N) is 1. The van der Waals surface area contributed by atoms with Gasteiger partial charge in [0.2, 0.25) is 11.8 Å². The Morgan fingerprint density at radius 3 is 2.75 bits per heavy atom. The molecule has 2 aromatic rings. The summed E-state index contributed by atoms with van der Waals surface area (Å²) in [6, 6.07) is 3.84. The molecule has 0 aliphatic heterocycles. The largest absolute Gasteiger partial charge is 0.348 e. The Morgan fingerprint density at radius 1 is 1.30 bits per heavy atom. The van der Waals surface area contributed by atoms with Crippen LogP contribution in [-0.4, -0.2) is 35.8 Å². The second-order valence-electron chi connectivity index (χ2n) is 4.41. The van der Waals surface area contributed by atoms with Gasteiger partial charge in [0.25, 0.3) is 0 Å². The molecule has 0 fully saturated rings. The van der Waals surface area contributed by atoms with E-state index in [9.17, 15) is 9.59 Å². The van der Waals surface area contributed by atoms with E-state index in [-0.39, 0.29) is 18.2 Å². The van der Waals surface area contributed by atoms with Crippen molar-refractivity contribution in [3.8, 4) is 0 Å². The summed E-state index contributed by atoms with van der Waals surface area (Å²) in [6.07, 6.45) is 0.605. The first kappa shape index (κ1) is 14.7. The van der Waals surface area contributed by atoms with Crippen LogP contribution in [0.2, 0.25) is 0 Å². The van der Waals surface area contributed by atoms with Crippen LogP contribution in [0, 0.1) is 0 Å². The van der Waals surface area contributed by atoms with Crippen LogP contribution in [-0.2, 0) is 22.4 Å². The molecule has 2 rings (SSSR count). The first-order valence-electron chi connectivity index (χ1n) is 6.01. The number of thiophene rings is 1. The van der Waals surface area contributed by atoms with Crippen molar-refractivity contribution in [3.05, 3.63) is 33.5 Å². The zero-order valence-electron chi connectivity index (χ0n) is 11.3. The van der Waals surface area contributed by atoms with Gasteiger partial charge in [-0.15, -0.1) is 22.7 Å². The minimum absolute atomic E-state index is 0.00763. The maximum atomic E-state index is 11.8. The van der Waals surface area contributed by atoms with E-state index in [2.05, 4.69) is 10.3 Å². The number of aromatic nitrogens is 1. The normalized spacial score (nSPS) is 10.3. The SMILES string of the molecule is CN(C)C(=O)Cc1csc(NC(=O)Cc2cccs2)n1. The Morgan fingerprint density at radius 2 is 2.10 bits per heavy atom. The lowest BCUT2D eigenvalue weighted by molar-refractivity contribution is -0.128. The molecule has 0 aliphatic carbocycles. The minimum atomic E-state index is -0.0905. The first-order valence-corrected chi connectivity index (χ1v) is 7.77. The van der Waals surface area contributed by atoms with Crippen molar-refractivity contribution in [2.75, 3.05) is 19.4 Å². The Balaban J connectivity index is 1.89. The molecule has 20 heavy (non-hydrogen) atoms. The quantitative estimate of drug-likeness (QED) is 0.919. The molecular weight excluding hydrogens is 294 g/mol. The molecular formula is C13H15N3O2S2. The lowest BCUT2D eigenvalue weighted by Gasteiger charge is -2.07. The molecule has 0 atom stereocenters. The molecule has 7 heteroatoms. The Kier molecular flexibility index (Phi) is 4.86. The van der Waals surface area contributed by atoms with Crippen molar-refractivity contribution in [1.82, 2.24) is 9.88 Å². The molecule has 0 saturated heterocycles. The Bertz CT molecular complexity index is 591. The van der Waals surface area contributed by atoms with Gasteiger partial charge in [-0.25, -0.2) is 4.98 Å². The van der Waals surface area contributed by atoms with Gasteiger partial charge >= 0.3 is 0 Å². The summed E-state index contributed by atoms with van der Waals surface area (Å²) in [6.45, 7) is 0. The molecule has 0 spiro atoms. The molecule has 0 aromatic carbocycles. The summed E-state index contributed by atoms with van der Waals surface area (Å²) in [5.41, 5.74) is 0.681. The van der Waals surface area contributed by atoms with E-state index in [4.69, 9.17) is 0 Å². The van der Waals surface area contributed by atoms with Crippen LogP contribution in [0.15, 0.2) is 22.9 Å². The number of likely N-dealkylation sites (N-methyl/N-ethyl adjacent to an activating group) is 1. The van der Waals surface area contributed by atoms with Crippen molar-refractivity contribution < 1.29 is 9.59 Å². The van der Waals surface area contributed by atoms with Crippen molar-refractivity contribution in [3.63, 3.8) is 0 Å². The summed E-state index contributed by atoms with van der Waals surface area (Å²) in [7, 11) is 3.41. The summed E-state index contributed by atoms with van der Waals surface area (Å²) >= 11 is 2.88. The third-order valence-electron chi connectivity index (χ3n) is 2.54. The summed E-state index contributed by atoms with van der Waals surface area (Å²) in [5.74, 6) is -0.0981. The van der Waals surface area contributed by atoms with E-state index in [1.165, 1.54) is 16.2 Å².